The molecule has 0 aliphatic heterocycles. The molecule has 0 aromatic carbocycles. The maximum absolute atomic E-state index is 14.5. The second kappa shape index (κ2) is 19.1. The minimum atomic E-state index is -0.223. The van der Waals surface area contributed by atoms with Gasteiger partial charge in [0.2, 0.25) is 5.91 Å². The Hall–Kier alpha value is -1.22. The quantitative estimate of drug-likeness (QED) is 0.0879. The number of fused-ring (bicyclic) bond motifs is 5. The van der Waals surface area contributed by atoms with E-state index in [4.69, 9.17) is 10.5 Å². The highest BCUT2D eigenvalue weighted by Crippen LogP contribution is 2.75. The van der Waals surface area contributed by atoms with Gasteiger partial charge in [0.05, 0.1) is 6.10 Å². The van der Waals surface area contributed by atoms with Crippen molar-refractivity contribution in [1.29, 1.82) is 0 Å². The molecule has 8 heteroatoms. The van der Waals surface area contributed by atoms with Gasteiger partial charge in [-0.25, -0.2) is 0 Å². The van der Waals surface area contributed by atoms with Gasteiger partial charge in [-0.15, -0.1) is 0 Å². The second-order valence-corrected chi connectivity index (χ2v) is 19.1. The molecular formula is C44H82N4O4. The Morgan fingerprint density at radius 2 is 1.52 bits per heavy atom. The van der Waals surface area contributed by atoms with Gasteiger partial charge >= 0.3 is 5.97 Å². The molecule has 4 fully saturated rings. The molecule has 302 valence electrons. The number of carbonyl (C=O) groups is 2. The van der Waals surface area contributed by atoms with Crippen LogP contribution in [0.5, 0.6) is 0 Å². The van der Waals surface area contributed by atoms with Crippen LogP contribution in [-0.4, -0.2) is 91.3 Å². The van der Waals surface area contributed by atoms with Gasteiger partial charge in [0.1, 0.15) is 6.10 Å². The van der Waals surface area contributed by atoms with Crippen LogP contribution in [-0.2, 0) is 14.3 Å². The van der Waals surface area contributed by atoms with Crippen molar-refractivity contribution in [1.82, 2.24) is 15.1 Å². The molecule has 11 atom stereocenters. The van der Waals surface area contributed by atoms with Gasteiger partial charge in [0, 0.05) is 25.3 Å². The molecule has 4 saturated carbocycles. The predicted octanol–water partition coefficient (Wildman–Crippen LogP) is 7.52. The number of ether oxygens (including phenoxy) is 1. The molecule has 4 aliphatic carbocycles. The number of rotatable bonds is 20. The lowest BCUT2D eigenvalue weighted by molar-refractivity contribution is -0.203. The third-order valence-corrected chi connectivity index (χ3v) is 15.9. The fourth-order valence-corrected chi connectivity index (χ4v) is 12.8. The van der Waals surface area contributed by atoms with Crippen molar-refractivity contribution in [2.75, 3.05) is 52.4 Å². The van der Waals surface area contributed by atoms with Gasteiger partial charge in [-0.05, 0) is 162 Å². The van der Waals surface area contributed by atoms with Crippen molar-refractivity contribution >= 4 is 11.9 Å². The zero-order valence-corrected chi connectivity index (χ0v) is 35.2. The molecule has 4 aliphatic rings. The molecule has 8 nitrogen and oxygen atoms in total. The Kier molecular flexibility index (Phi) is 16.0. The Balaban J connectivity index is 1.48. The van der Waals surface area contributed by atoms with Gasteiger partial charge < -0.3 is 30.7 Å². The normalized spacial score (nSPS) is 36.4. The maximum Gasteiger partial charge on any atom is 0.302 e. The van der Waals surface area contributed by atoms with Gasteiger partial charge in [-0.1, -0.05) is 68.2 Å². The van der Waals surface area contributed by atoms with Gasteiger partial charge in [0.15, 0.2) is 0 Å². The van der Waals surface area contributed by atoms with Crippen LogP contribution in [0.25, 0.3) is 0 Å². The molecule has 0 aromatic heterocycles. The number of hydrogen-bond acceptors (Lipinski definition) is 7. The zero-order valence-electron chi connectivity index (χ0n) is 35.2. The summed E-state index contributed by atoms with van der Waals surface area (Å²) in [5, 5.41) is 14.3. The molecular weight excluding hydrogens is 649 g/mol. The van der Waals surface area contributed by atoms with Crippen LogP contribution in [0.1, 0.15) is 146 Å². The van der Waals surface area contributed by atoms with Gasteiger partial charge in [-0.2, -0.15) is 0 Å². The monoisotopic (exact) mass is 731 g/mol. The summed E-state index contributed by atoms with van der Waals surface area (Å²) in [5.41, 5.74) is 6.05. The maximum atomic E-state index is 14.5. The summed E-state index contributed by atoms with van der Waals surface area (Å²) >= 11 is 0. The number of nitrogens with two attached hydrogens (primary N) is 1. The van der Waals surface area contributed by atoms with Crippen molar-refractivity contribution in [2.45, 2.75) is 158 Å². The summed E-state index contributed by atoms with van der Waals surface area (Å²) in [6, 6.07) is 0. The second-order valence-electron chi connectivity index (χ2n) is 19.1. The van der Waals surface area contributed by atoms with Crippen molar-refractivity contribution in [3.63, 3.8) is 0 Å². The van der Waals surface area contributed by atoms with Crippen LogP contribution in [0.3, 0.4) is 0 Å². The predicted molar refractivity (Wildman–Crippen MR) is 214 cm³/mol. The number of aliphatic hydroxyl groups is 1. The average Bonchev–Trinajstić information content (AvgIpc) is 3.38. The van der Waals surface area contributed by atoms with Crippen LogP contribution >= 0.6 is 0 Å². The van der Waals surface area contributed by atoms with Crippen LogP contribution in [0.15, 0.2) is 0 Å². The first kappa shape index (κ1) is 43.5. The number of hydrogen-bond donors (Lipinski definition) is 3. The SMILES string of the molecule is CCN(CCCN)CCCN(CC)CCCNC(=O)[C@@H](CCCC(C)C)[C@@H]1[C@@H](OC(C)=O)C[C@@]2(C)[C@H]1CC[C@H]1[C@@]3(C)CC[C@@H](O)[C@@H](C)[C@@H]3CC[C@@]12C. The molecule has 0 bridgehead atoms. The van der Waals surface area contributed by atoms with E-state index in [0.717, 1.165) is 123 Å². The van der Waals surface area contributed by atoms with Crippen LogP contribution < -0.4 is 11.1 Å². The zero-order chi connectivity index (χ0) is 38.3. The van der Waals surface area contributed by atoms with E-state index in [1.54, 1.807) is 6.92 Å². The minimum absolute atomic E-state index is 0.0101. The summed E-state index contributed by atoms with van der Waals surface area (Å²) in [5.74, 6) is 2.28. The fourth-order valence-electron chi connectivity index (χ4n) is 12.8. The standard InChI is InChI=1S/C44H82N4O4/c1-10-47(26-13-24-45)28-15-29-48(11-2)27-14-25-46-41(51)34(17-12-16-31(3)4)40-36-18-19-39-42(7)22-21-37(50)32(5)35(42)20-23-43(39,8)44(36,9)30-38(40)52-33(6)49/h31-32,34-40,50H,10-30,45H2,1-9H3,(H,46,51)/t32-,34-,35-,36-,37+,38-,39-,40-,42-,43-,44-/m0/s1. The van der Waals surface area contributed by atoms with Crippen LogP contribution in [0.2, 0.25) is 0 Å². The lowest BCUT2D eigenvalue weighted by Crippen LogP contribution is -2.62. The fraction of sp³-hybridized carbons (Fsp3) is 0.955. The highest BCUT2D eigenvalue weighted by atomic mass is 16.5. The summed E-state index contributed by atoms with van der Waals surface area (Å²) in [7, 11) is 0. The first-order chi connectivity index (χ1) is 24.7. The van der Waals surface area contributed by atoms with Crippen molar-refractivity contribution in [3.8, 4) is 0 Å². The molecule has 0 radical (unpaired) electrons. The lowest BCUT2D eigenvalue weighted by atomic mass is 9.37. The van der Waals surface area contributed by atoms with Crippen LogP contribution in [0, 0.1) is 57.7 Å². The molecule has 0 heterocycles. The topological polar surface area (TPSA) is 108 Å². The van der Waals surface area contributed by atoms with E-state index < -0.39 is 0 Å². The van der Waals surface area contributed by atoms with E-state index in [2.05, 4.69) is 70.5 Å². The van der Waals surface area contributed by atoms with E-state index in [9.17, 15) is 14.7 Å². The highest BCUT2D eigenvalue weighted by Gasteiger charge is 2.70. The Morgan fingerprint density at radius 1 is 0.865 bits per heavy atom. The number of amides is 1. The molecule has 4 N–H and O–H groups in total. The van der Waals surface area contributed by atoms with E-state index in [1.807, 2.05) is 0 Å². The Morgan fingerprint density at radius 3 is 2.13 bits per heavy atom. The molecule has 0 spiro atoms. The number of nitrogens with one attached hydrogen (secondary N) is 1. The van der Waals surface area contributed by atoms with E-state index in [0.29, 0.717) is 36.1 Å². The number of nitrogens with zero attached hydrogens (tertiary/aromatic N) is 2. The van der Waals surface area contributed by atoms with E-state index in [-0.39, 0.29) is 52.2 Å². The lowest BCUT2D eigenvalue weighted by Gasteiger charge is -2.68. The third kappa shape index (κ3) is 9.41. The molecule has 0 saturated heterocycles. The van der Waals surface area contributed by atoms with Crippen LogP contribution in [0.4, 0.5) is 0 Å². The van der Waals surface area contributed by atoms with E-state index >= 15 is 0 Å². The third-order valence-electron chi connectivity index (χ3n) is 15.9. The molecule has 52 heavy (non-hydrogen) atoms. The number of aliphatic hydroxyl groups excluding tert-OH is 1. The smallest absolute Gasteiger partial charge is 0.302 e. The summed E-state index contributed by atoms with van der Waals surface area (Å²) < 4.78 is 6.31. The summed E-state index contributed by atoms with van der Waals surface area (Å²) in [6.45, 7) is 28.3. The molecule has 1 amide bonds. The first-order valence-electron chi connectivity index (χ1n) is 21.9. The molecule has 0 unspecified atom stereocenters. The van der Waals surface area contributed by atoms with Crippen molar-refractivity contribution < 1.29 is 19.4 Å². The van der Waals surface area contributed by atoms with E-state index in [1.165, 1.54) is 6.42 Å². The number of carbonyl (C=O) groups excluding carboxylic acids is 2. The first-order valence-corrected chi connectivity index (χ1v) is 21.9. The Bertz CT molecular complexity index is 1140. The Labute approximate surface area is 319 Å². The van der Waals surface area contributed by atoms with Gasteiger partial charge in [0.25, 0.3) is 0 Å². The van der Waals surface area contributed by atoms with Crippen molar-refractivity contribution in [2.24, 2.45) is 63.4 Å². The minimum Gasteiger partial charge on any atom is -0.462 e. The average molecular weight is 731 g/mol. The number of esters is 1. The summed E-state index contributed by atoms with van der Waals surface area (Å²) in [6.07, 6.45) is 13.2. The molecule has 4 rings (SSSR count). The summed E-state index contributed by atoms with van der Waals surface area (Å²) in [4.78, 5) is 32.2. The highest BCUT2D eigenvalue weighted by molar-refractivity contribution is 5.79. The molecule has 0 aromatic rings. The van der Waals surface area contributed by atoms with Crippen molar-refractivity contribution in [3.05, 3.63) is 0 Å². The van der Waals surface area contributed by atoms with Gasteiger partial charge in [-0.3, -0.25) is 9.59 Å². The largest absolute Gasteiger partial charge is 0.462 e.